The van der Waals surface area contributed by atoms with E-state index in [1.807, 2.05) is 43.1 Å². The van der Waals surface area contributed by atoms with Gasteiger partial charge in [0, 0.05) is 39.8 Å². The number of likely N-dealkylation sites (N-methyl/N-ethyl adjacent to an activating group) is 1. The summed E-state index contributed by atoms with van der Waals surface area (Å²) in [6, 6.07) is 16.5. The maximum absolute atomic E-state index is 12.7. The van der Waals surface area contributed by atoms with Crippen LogP contribution in [0, 0.1) is 6.92 Å². The number of benzene rings is 2. The maximum Gasteiger partial charge on any atom is 0.243 e. The molecule has 1 saturated heterocycles. The van der Waals surface area contributed by atoms with Crippen molar-refractivity contribution in [2.75, 3.05) is 39.8 Å². The Labute approximate surface area is 167 Å². The zero-order valence-electron chi connectivity index (χ0n) is 16.4. The molecular weight excluding hydrogens is 374 g/mol. The van der Waals surface area contributed by atoms with E-state index in [-0.39, 0.29) is 5.91 Å². The average Bonchev–Trinajstić information content (AvgIpc) is 2.70. The Morgan fingerprint density at radius 3 is 2.21 bits per heavy atom. The number of aryl methyl sites for hydroxylation is 1. The van der Waals surface area contributed by atoms with Gasteiger partial charge in [0.25, 0.3) is 0 Å². The molecule has 0 unspecified atom stereocenters. The zero-order valence-corrected chi connectivity index (χ0v) is 17.2. The highest BCUT2D eigenvalue weighted by Gasteiger charge is 2.29. The number of amides is 1. The number of piperazine rings is 1. The van der Waals surface area contributed by atoms with E-state index in [0.29, 0.717) is 44.2 Å². The predicted octanol–water partition coefficient (Wildman–Crippen LogP) is 1.96. The number of nitrogens with zero attached hydrogens (tertiary/aromatic N) is 3. The van der Waals surface area contributed by atoms with E-state index in [4.69, 9.17) is 0 Å². The van der Waals surface area contributed by atoms with Crippen LogP contribution < -0.4 is 0 Å². The van der Waals surface area contributed by atoms with Crippen LogP contribution in [-0.4, -0.2) is 68.2 Å². The second-order valence-corrected chi connectivity index (χ2v) is 9.11. The topological polar surface area (TPSA) is 60.9 Å². The van der Waals surface area contributed by atoms with Crippen molar-refractivity contribution in [2.24, 2.45) is 0 Å². The summed E-state index contributed by atoms with van der Waals surface area (Å²) in [6.45, 7) is 4.82. The van der Waals surface area contributed by atoms with E-state index < -0.39 is 10.0 Å². The van der Waals surface area contributed by atoms with Gasteiger partial charge in [0.1, 0.15) is 0 Å². The Morgan fingerprint density at radius 1 is 0.964 bits per heavy atom. The standard InChI is InChI=1S/C21H27N3O3S/c1-18-8-6-7-9-19(18)16-22(2)21(25)17-23-12-14-24(15-13-23)28(26,27)20-10-4-3-5-11-20/h3-11H,12-17H2,1-2H3. The summed E-state index contributed by atoms with van der Waals surface area (Å²) < 4.78 is 26.9. The largest absolute Gasteiger partial charge is 0.340 e. The third-order valence-electron chi connectivity index (χ3n) is 5.17. The molecule has 0 atom stereocenters. The number of carbonyl (C=O) groups excluding carboxylic acids is 1. The second-order valence-electron chi connectivity index (χ2n) is 7.17. The van der Waals surface area contributed by atoms with E-state index >= 15 is 0 Å². The van der Waals surface area contributed by atoms with Crippen LogP contribution in [0.4, 0.5) is 0 Å². The molecule has 0 spiro atoms. The van der Waals surface area contributed by atoms with Gasteiger partial charge in [-0.05, 0) is 30.2 Å². The lowest BCUT2D eigenvalue weighted by molar-refractivity contribution is -0.131. The van der Waals surface area contributed by atoms with Crippen LogP contribution in [0.1, 0.15) is 11.1 Å². The van der Waals surface area contributed by atoms with E-state index in [9.17, 15) is 13.2 Å². The highest BCUT2D eigenvalue weighted by atomic mass is 32.2. The third kappa shape index (κ3) is 4.79. The Kier molecular flexibility index (Phi) is 6.49. The lowest BCUT2D eigenvalue weighted by Crippen LogP contribution is -2.51. The van der Waals surface area contributed by atoms with Gasteiger partial charge in [0.2, 0.25) is 15.9 Å². The molecule has 1 heterocycles. The van der Waals surface area contributed by atoms with Crippen LogP contribution in [0.5, 0.6) is 0 Å². The molecule has 0 saturated carbocycles. The Bertz CT molecular complexity index is 908. The highest BCUT2D eigenvalue weighted by Crippen LogP contribution is 2.17. The molecule has 0 aliphatic carbocycles. The lowest BCUT2D eigenvalue weighted by atomic mass is 10.1. The van der Waals surface area contributed by atoms with Gasteiger partial charge in [-0.15, -0.1) is 0 Å². The minimum Gasteiger partial charge on any atom is -0.340 e. The normalized spacial score (nSPS) is 16.1. The Hall–Kier alpha value is -2.22. The van der Waals surface area contributed by atoms with E-state index in [2.05, 4.69) is 0 Å². The van der Waals surface area contributed by atoms with Crippen molar-refractivity contribution in [3.63, 3.8) is 0 Å². The number of hydrogen-bond acceptors (Lipinski definition) is 4. The molecule has 6 nitrogen and oxygen atoms in total. The summed E-state index contributed by atoms with van der Waals surface area (Å²) in [4.78, 5) is 16.6. The fourth-order valence-corrected chi connectivity index (χ4v) is 4.76. The van der Waals surface area contributed by atoms with Gasteiger partial charge in [-0.2, -0.15) is 4.31 Å². The smallest absolute Gasteiger partial charge is 0.243 e. The molecule has 1 amide bonds. The molecule has 0 aromatic heterocycles. The first kappa shape index (κ1) is 20.5. The van der Waals surface area contributed by atoms with Gasteiger partial charge < -0.3 is 4.90 Å². The van der Waals surface area contributed by atoms with Gasteiger partial charge in [-0.3, -0.25) is 9.69 Å². The molecular formula is C21H27N3O3S. The Morgan fingerprint density at radius 2 is 1.57 bits per heavy atom. The van der Waals surface area contributed by atoms with Gasteiger partial charge in [0.05, 0.1) is 11.4 Å². The zero-order chi connectivity index (χ0) is 20.1. The fraction of sp³-hybridized carbons (Fsp3) is 0.381. The molecule has 150 valence electrons. The molecule has 0 N–H and O–H groups in total. The minimum atomic E-state index is -3.46. The summed E-state index contributed by atoms with van der Waals surface area (Å²) in [5, 5.41) is 0. The van der Waals surface area contributed by atoms with E-state index in [1.165, 1.54) is 9.87 Å². The first-order valence-electron chi connectivity index (χ1n) is 9.44. The summed E-state index contributed by atoms with van der Waals surface area (Å²) in [5.41, 5.74) is 2.30. The molecule has 1 aliphatic heterocycles. The summed E-state index contributed by atoms with van der Waals surface area (Å²) in [6.07, 6.45) is 0. The first-order valence-corrected chi connectivity index (χ1v) is 10.9. The van der Waals surface area contributed by atoms with Crippen LogP contribution in [-0.2, 0) is 21.4 Å². The molecule has 0 bridgehead atoms. The second kappa shape index (κ2) is 8.86. The van der Waals surface area contributed by atoms with Crippen LogP contribution in [0.3, 0.4) is 0 Å². The molecule has 2 aromatic rings. The van der Waals surface area contributed by atoms with Gasteiger partial charge in [-0.1, -0.05) is 42.5 Å². The maximum atomic E-state index is 12.7. The average molecular weight is 402 g/mol. The number of carbonyl (C=O) groups is 1. The fourth-order valence-electron chi connectivity index (χ4n) is 3.31. The molecule has 1 aliphatic rings. The molecule has 3 rings (SSSR count). The van der Waals surface area contributed by atoms with Gasteiger partial charge >= 0.3 is 0 Å². The third-order valence-corrected chi connectivity index (χ3v) is 7.08. The van der Waals surface area contributed by atoms with Crippen molar-refractivity contribution >= 4 is 15.9 Å². The summed E-state index contributed by atoms with van der Waals surface area (Å²) in [7, 11) is -1.65. The molecule has 28 heavy (non-hydrogen) atoms. The van der Waals surface area contributed by atoms with Crippen molar-refractivity contribution in [3.05, 3.63) is 65.7 Å². The SMILES string of the molecule is Cc1ccccc1CN(C)C(=O)CN1CCN(S(=O)(=O)c2ccccc2)CC1. The van der Waals surface area contributed by atoms with Crippen molar-refractivity contribution in [2.45, 2.75) is 18.4 Å². The van der Waals surface area contributed by atoms with E-state index in [0.717, 1.165) is 5.56 Å². The van der Waals surface area contributed by atoms with Crippen LogP contribution in [0.2, 0.25) is 0 Å². The van der Waals surface area contributed by atoms with Crippen LogP contribution in [0.15, 0.2) is 59.5 Å². The first-order chi connectivity index (χ1) is 13.4. The number of rotatable bonds is 6. The van der Waals surface area contributed by atoms with Crippen molar-refractivity contribution in [1.82, 2.24) is 14.1 Å². The predicted molar refractivity (Wildman–Crippen MR) is 109 cm³/mol. The van der Waals surface area contributed by atoms with Crippen LogP contribution in [0.25, 0.3) is 0 Å². The highest BCUT2D eigenvalue weighted by molar-refractivity contribution is 7.89. The molecule has 1 fully saturated rings. The van der Waals surface area contributed by atoms with Crippen molar-refractivity contribution in [1.29, 1.82) is 0 Å². The van der Waals surface area contributed by atoms with Crippen LogP contribution >= 0.6 is 0 Å². The number of sulfonamides is 1. The van der Waals surface area contributed by atoms with Crippen molar-refractivity contribution in [3.8, 4) is 0 Å². The lowest BCUT2D eigenvalue weighted by Gasteiger charge is -2.34. The van der Waals surface area contributed by atoms with Gasteiger partial charge in [-0.25, -0.2) is 8.42 Å². The molecule has 0 radical (unpaired) electrons. The van der Waals surface area contributed by atoms with E-state index in [1.54, 1.807) is 35.2 Å². The minimum absolute atomic E-state index is 0.0441. The summed E-state index contributed by atoms with van der Waals surface area (Å²) in [5.74, 6) is 0.0441. The van der Waals surface area contributed by atoms with Crippen molar-refractivity contribution < 1.29 is 13.2 Å². The summed E-state index contributed by atoms with van der Waals surface area (Å²) >= 11 is 0. The Balaban J connectivity index is 1.52. The molecule has 7 heteroatoms. The quantitative estimate of drug-likeness (QED) is 0.742. The monoisotopic (exact) mass is 401 g/mol. The molecule has 2 aromatic carbocycles. The van der Waals surface area contributed by atoms with Gasteiger partial charge in [0.15, 0.2) is 0 Å². The number of hydrogen-bond donors (Lipinski definition) is 0.